The van der Waals surface area contributed by atoms with Crippen LogP contribution in [0.1, 0.15) is 20.8 Å². The van der Waals surface area contributed by atoms with Gasteiger partial charge in [0.05, 0.1) is 6.54 Å². The van der Waals surface area contributed by atoms with Crippen LogP contribution in [0, 0.1) is 0 Å². The highest BCUT2D eigenvalue weighted by Crippen LogP contribution is 2.23. The summed E-state index contributed by atoms with van der Waals surface area (Å²) in [5.41, 5.74) is -0.0100. The first-order valence-electron chi connectivity index (χ1n) is 4.97. The van der Waals surface area contributed by atoms with E-state index in [0.717, 1.165) is 0 Å². The van der Waals surface area contributed by atoms with Crippen molar-refractivity contribution < 1.29 is 9.59 Å². The van der Waals surface area contributed by atoms with E-state index in [1.165, 1.54) is 0 Å². The van der Waals surface area contributed by atoms with Crippen molar-refractivity contribution in [2.75, 3.05) is 20.6 Å². The second-order valence-electron chi connectivity index (χ2n) is 4.99. The lowest BCUT2D eigenvalue weighted by Gasteiger charge is -2.30. The molecule has 1 heterocycles. The van der Waals surface area contributed by atoms with E-state index in [9.17, 15) is 9.59 Å². The first-order chi connectivity index (χ1) is 6.73. The highest BCUT2D eigenvalue weighted by Gasteiger charge is 2.39. The van der Waals surface area contributed by atoms with Crippen molar-refractivity contribution in [3.8, 4) is 0 Å². The van der Waals surface area contributed by atoms with Crippen LogP contribution in [-0.2, 0) is 9.59 Å². The van der Waals surface area contributed by atoms with Crippen molar-refractivity contribution >= 4 is 11.7 Å². The van der Waals surface area contributed by atoms with Gasteiger partial charge in [-0.1, -0.05) is 0 Å². The molecule has 1 amide bonds. The Morgan fingerprint density at radius 3 is 2.13 bits per heavy atom. The Balaban J connectivity index is 2.99. The van der Waals surface area contributed by atoms with Gasteiger partial charge in [0.2, 0.25) is 0 Å². The number of rotatable bonds is 1. The van der Waals surface area contributed by atoms with Crippen LogP contribution in [0.2, 0.25) is 0 Å². The van der Waals surface area contributed by atoms with Gasteiger partial charge >= 0.3 is 0 Å². The highest BCUT2D eigenvalue weighted by molar-refractivity contribution is 6.25. The van der Waals surface area contributed by atoms with Gasteiger partial charge in [-0.05, 0) is 20.8 Å². The van der Waals surface area contributed by atoms with Crippen LogP contribution in [0.4, 0.5) is 0 Å². The molecule has 0 N–H and O–H groups in total. The molecular weight excluding hydrogens is 192 g/mol. The first kappa shape index (κ1) is 11.8. The molecule has 0 unspecified atom stereocenters. The van der Waals surface area contributed by atoms with Crippen LogP contribution in [0.25, 0.3) is 0 Å². The monoisotopic (exact) mass is 210 g/mol. The molecule has 0 spiro atoms. The van der Waals surface area contributed by atoms with E-state index >= 15 is 0 Å². The Morgan fingerprint density at radius 2 is 1.80 bits per heavy atom. The molecule has 4 nitrogen and oxygen atoms in total. The fourth-order valence-electron chi connectivity index (χ4n) is 1.49. The molecule has 0 aromatic heterocycles. The zero-order valence-electron chi connectivity index (χ0n) is 10.00. The molecule has 1 aliphatic heterocycles. The Morgan fingerprint density at radius 1 is 1.27 bits per heavy atom. The zero-order valence-corrected chi connectivity index (χ0v) is 10.00. The summed E-state index contributed by atoms with van der Waals surface area (Å²) in [6.45, 7) is 5.98. The topological polar surface area (TPSA) is 40.6 Å². The number of carbonyl (C=O) groups excluding carboxylic acids is 2. The maximum absolute atomic E-state index is 11.9. The number of nitrogens with zero attached hydrogens (tertiary/aromatic N) is 2. The number of amides is 1. The molecule has 0 aliphatic carbocycles. The minimum absolute atomic E-state index is 0.0939. The minimum atomic E-state index is -0.297. The third-order valence-electron chi connectivity index (χ3n) is 2.27. The molecule has 0 aromatic rings. The van der Waals surface area contributed by atoms with E-state index < -0.39 is 0 Å². The van der Waals surface area contributed by atoms with Crippen LogP contribution in [0.5, 0.6) is 0 Å². The second-order valence-corrected chi connectivity index (χ2v) is 4.99. The van der Waals surface area contributed by atoms with Crippen molar-refractivity contribution in [2.24, 2.45) is 0 Å². The fraction of sp³-hybridized carbons (Fsp3) is 0.636. The quantitative estimate of drug-likeness (QED) is 0.471. The van der Waals surface area contributed by atoms with E-state index in [2.05, 4.69) is 0 Å². The molecule has 0 radical (unpaired) electrons. The molecule has 1 aliphatic rings. The summed E-state index contributed by atoms with van der Waals surface area (Å²) >= 11 is 0. The standard InChI is InChI=1S/C11H18N2O2/c1-11(2,3)13-7-9(14)8(10(13)15)6-12(4)5/h6H,7H2,1-5H3/b8-6-. The third-order valence-corrected chi connectivity index (χ3v) is 2.27. The maximum Gasteiger partial charge on any atom is 0.259 e. The highest BCUT2D eigenvalue weighted by atomic mass is 16.2. The summed E-state index contributed by atoms with van der Waals surface area (Å²) in [5, 5.41) is 0. The number of Topliss-reactive ketones (excluding diaryl/α,β-unsaturated/α-hetero) is 1. The Kier molecular flexibility index (Phi) is 2.88. The van der Waals surface area contributed by atoms with E-state index in [1.807, 2.05) is 20.8 Å². The van der Waals surface area contributed by atoms with Gasteiger partial charge in [0.25, 0.3) is 5.91 Å². The van der Waals surface area contributed by atoms with Crippen LogP contribution >= 0.6 is 0 Å². The van der Waals surface area contributed by atoms with Gasteiger partial charge in [0.1, 0.15) is 5.57 Å². The van der Waals surface area contributed by atoms with Gasteiger partial charge in [-0.25, -0.2) is 0 Å². The van der Waals surface area contributed by atoms with E-state index in [4.69, 9.17) is 0 Å². The summed E-state index contributed by atoms with van der Waals surface area (Å²) < 4.78 is 0. The summed E-state index contributed by atoms with van der Waals surface area (Å²) in [7, 11) is 3.60. The Hall–Kier alpha value is -1.32. The van der Waals surface area contributed by atoms with Crippen LogP contribution in [0.15, 0.2) is 11.8 Å². The van der Waals surface area contributed by atoms with E-state index in [1.54, 1.807) is 30.1 Å². The van der Waals surface area contributed by atoms with E-state index in [0.29, 0.717) is 0 Å². The summed E-state index contributed by atoms with van der Waals surface area (Å²) in [5.74, 6) is -0.259. The van der Waals surface area contributed by atoms with Crippen molar-refractivity contribution in [1.29, 1.82) is 0 Å². The van der Waals surface area contributed by atoms with Crippen LogP contribution in [-0.4, -0.2) is 47.7 Å². The molecule has 0 saturated carbocycles. The lowest BCUT2D eigenvalue weighted by molar-refractivity contribution is -0.129. The predicted molar refractivity (Wildman–Crippen MR) is 58.2 cm³/mol. The molecule has 1 saturated heterocycles. The van der Waals surface area contributed by atoms with Crippen molar-refractivity contribution in [1.82, 2.24) is 9.80 Å². The SMILES string of the molecule is CN(C)/C=C1/C(=O)CN(C(C)(C)C)C1=O. The normalized spacial score (nSPS) is 20.3. The average molecular weight is 210 g/mol. The van der Waals surface area contributed by atoms with Gasteiger partial charge in [-0.3, -0.25) is 9.59 Å². The molecule has 15 heavy (non-hydrogen) atoms. The number of likely N-dealkylation sites (tertiary alicyclic amines) is 1. The molecule has 1 fully saturated rings. The van der Waals surface area contributed by atoms with Gasteiger partial charge in [0, 0.05) is 25.8 Å². The fourth-order valence-corrected chi connectivity index (χ4v) is 1.49. The molecule has 4 heteroatoms. The van der Waals surface area contributed by atoms with Crippen molar-refractivity contribution in [2.45, 2.75) is 26.3 Å². The predicted octanol–water partition coefficient (Wildman–Crippen LogP) is 0.642. The molecule has 84 valence electrons. The van der Waals surface area contributed by atoms with Gasteiger partial charge in [-0.2, -0.15) is 0 Å². The number of hydrogen-bond acceptors (Lipinski definition) is 3. The second kappa shape index (κ2) is 3.68. The Labute approximate surface area is 90.5 Å². The summed E-state index contributed by atoms with van der Waals surface area (Å²) in [6.07, 6.45) is 1.59. The van der Waals surface area contributed by atoms with Gasteiger partial charge in [0.15, 0.2) is 5.78 Å². The van der Waals surface area contributed by atoms with Crippen LogP contribution < -0.4 is 0 Å². The first-order valence-corrected chi connectivity index (χ1v) is 4.97. The number of ketones is 1. The molecule has 0 aromatic carbocycles. The van der Waals surface area contributed by atoms with Crippen molar-refractivity contribution in [3.05, 3.63) is 11.8 Å². The van der Waals surface area contributed by atoms with Gasteiger partial charge < -0.3 is 9.80 Å². The summed E-state index contributed by atoms with van der Waals surface area (Å²) in [4.78, 5) is 26.8. The van der Waals surface area contributed by atoms with E-state index in [-0.39, 0.29) is 29.3 Å². The smallest absolute Gasteiger partial charge is 0.259 e. The van der Waals surface area contributed by atoms with Gasteiger partial charge in [-0.15, -0.1) is 0 Å². The van der Waals surface area contributed by atoms with Crippen molar-refractivity contribution in [3.63, 3.8) is 0 Å². The minimum Gasteiger partial charge on any atom is -0.383 e. The molecule has 0 bridgehead atoms. The molecular formula is C11H18N2O2. The average Bonchev–Trinajstić information content (AvgIpc) is 2.30. The third kappa shape index (κ3) is 2.37. The number of carbonyl (C=O) groups is 2. The molecule has 1 rings (SSSR count). The Bertz CT molecular complexity index is 324. The summed E-state index contributed by atoms with van der Waals surface area (Å²) in [6, 6.07) is 0. The number of hydrogen-bond donors (Lipinski definition) is 0. The lowest BCUT2D eigenvalue weighted by atomic mass is 10.1. The van der Waals surface area contributed by atoms with Crippen LogP contribution in [0.3, 0.4) is 0 Å². The largest absolute Gasteiger partial charge is 0.383 e. The molecule has 0 atom stereocenters. The lowest BCUT2D eigenvalue weighted by Crippen LogP contribution is -2.42. The zero-order chi connectivity index (χ0) is 11.8. The maximum atomic E-state index is 11.9.